The normalized spacial score (nSPS) is 29.0. The molecule has 1 fully saturated rings. The van der Waals surface area contributed by atoms with Crippen molar-refractivity contribution in [3.63, 3.8) is 0 Å². The molecular weight excluding hydrogens is 270 g/mol. The molecule has 6 heteroatoms. The Balaban J connectivity index is 2.31. The van der Waals surface area contributed by atoms with E-state index in [4.69, 9.17) is 0 Å². The maximum absolute atomic E-state index is 11.1. The Morgan fingerprint density at radius 3 is 2.71 bits per heavy atom. The number of nitrogens with one attached hydrogen (secondary N) is 1. The largest absolute Gasteiger partial charge is 0.393 e. The lowest BCUT2D eigenvalue weighted by molar-refractivity contribution is 0.102. The Hall–Kier alpha value is 0.350. The van der Waals surface area contributed by atoms with Gasteiger partial charge in [0.2, 0.25) is 10.0 Å². The molecule has 0 aromatic rings. The Morgan fingerprint density at radius 1 is 1.43 bits per heavy atom. The number of hydrogen-bond acceptors (Lipinski definition) is 3. The topological polar surface area (TPSA) is 66.4 Å². The minimum Gasteiger partial charge on any atom is -0.393 e. The summed E-state index contributed by atoms with van der Waals surface area (Å²) in [6.45, 7) is 0.449. The number of alkyl halides is 1. The van der Waals surface area contributed by atoms with Gasteiger partial charge in [-0.1, -0.05) is 22.4 Å². The van der Waals surface area contributed by atoms with Crippen molar-refractivity contribution >= 4 is 26.0 Å². The quantitative estimate of drug-likeness (QED) is 0.752. The second-order valence-electron chi connectivity index (χ2n) is 3.76. The SMILES string of the molecule is O=S(=O)(CBr)NCC1CCCC(O)C1. The molecule has 84 valence electrons. The van der Waals surface area contributed by atoms with Gasteiger partial charge in [-0.05, 0) is 25.2 Å². The van der Waals surface area contributed by atoms with Crippen LogP contribution in [0.3, 0.4) is 0 Å². The standard InChI is InChI=1S/C8H16BrNO3S/c9-6-14(12,13)10-5-7-2-1-3-8(11)4-7/h7-8,10-11H,1-6H2. The van der Waals surface area contributed by atoms with E-state index in [0.717, 1.165) is 19.3 Å². The first-order valence-corrected chi connectivity index (χ1v) is 7.52. The van der Waals surface area contributed by atoms with Gasteiger partial charge in [0.05, 0.1) is 6.10 Å². The highest BCUT2D eigenvalue weighted by Crippen LogP contribution is 2.23. The number of hydrogen-bond donors (Lipinski definition) is 2. The van der Waals surface area contributed by atoms with Crippen LogP contribution >= 0.6 is 15.9 Å². The lowest BCUT2D eigenvalue weighted by atomic mass is 9.87. The van der Waals surface area contributed by atoms with Crippen LogP contribution in [0, 0.1) is 5.92 Å². The second-order valence-corrected chi connectivity index (χ2v) is 6.87. The average molecular weight is 286 g/mol. The lowest BCUT2D eigenvalue weighted by Crippen LogP contribution is -2.33. The molecule has 14 heavy (non-hydrogen) atoms. The molecule has 0 aromatic carbocycles. The molecule has 0 amide bonds. The zero-order valence-corrected chi connectivity index (χ0v) is 10.3. The zero-order chi connectivity index (χ0) is 10.6. The van der Waals surface area contributed by atoms with E-state index in [-0.39, 0.29) is 16.7 Å². The van der Waals surface area contributed by atoms with Gasteiger partial charge < -0.3 is 5.11 Å². The monoisotopic (exact) mass is 285 g/mol. The second kappa shape index (κ2) is 5.44. The molecule has 0 aromatic heterocycles. The van der Waals surface area contributed by atoms with E-state index >= 15 is 0 Å². The molecule has 4 nitrogen and oxygen atoms in total. The van der Waals surface area contributed by atoms with Gasteiger partial charge in [-0.15, -0.1) is 0 Å². The third kappa shape index (κ3) is 4.25. The maximum atomic E-state index is 11.1. The predicted octanol–water partition coefficient (Wildman–Crippen LogP) is 0.809. The van der Waals surface area contributed by atoms with Gasteiger partial charge in [-0.25, -0.2) is 13.1 Å². The van der Waals surface area contributed by atoms with Gasteiger partial charge >= 0.3 is 0 Å². The van der Waals surface area contributed by atoms with Crippen LogP contribution in [-0.4, -0.2) is 30.8 Å². The molecular formula is C8H16BrNO3S. The summed E-state index contributed by atoms with van der Waals surface area (Å²) in [6.07, 6.45) is 3.30. The summed E-state index contributed by atoms with van der Waals surface area (Å²) >= 11 is 2.91. The van der Waals surface area contributed by atoms with E-state index in [0.29, 0.717) is 13.0 Å². The first-order valence-electron chi connectivity index (χ1n) is 4.75. The van der Waals surface area contributed by atoms with Crippen LogP contribution < -0.4 is 4.72 Å². The highest BCUT2D eigenvalue weighted by molar-refractivity contribution is 9.10. The molecule has 1 aliphatic rings. The van der Waals surface area contributed by atoms with Gasteiger partial charge in [0, 0.05) is 6.54 Å². The Kier molecular flexibility index (Phi) is 4.82. The summed E-state index contributed by atoms with van der Waals surface area (Å²) < 4.78 is 24.7. The van der Waals surface area contributed by atoms with Crippen molar-refractivity contribution in [2.24, 2.45) is 5.92 Å². The first-order chi connectivity index (χ1) is 6.53. The number of aliphatic hydroxyl groups excluding tert-OH is 1. The summed E-state index contributed by atoms with van der Waals surface area (Å²) in [7, 11) is -3.15. The molecule has 0 radical (unpaired) electrons. The number of rotatable bonds is 4. The zero-order valence-electron chi connectivity index (χ0n) is 7.95. The summed E-state index contributed by atoms with van der Waals surface area (Å²) in [4.78, 5) is 0. The van der Waals surface area contributed by atoms with E-state index in [1.54, 1.807) is 0 Å². The fourth-order valence-corrected chi connectivity index (χ4v) is 2.78. The predicted molar refractivity (Wildman–Crippen MR) is 58.7 cm³/mol. The Morgan fingerprint density at radius 2 is 2.14 bits per heavy atom. The number of sulfonamides is 1. The van der Waals surface area contributed by atoms with E-state index in [1.807, 2.05) is 0 Å². The summed E-state index contributed by atoms with van der Waals surface area (Å²) in [5, 5.41) is 9.38. The van der Waals surface area contributed by atoms with Gasteiger partial charge in [0.15, 0.2) is 0 Å². The van der Waals surface area contributed by atoms with Crippen molar-refractivity contribution in [1.29, 1.82) is 0 Å². The Bertz CT molecular complexity index is 268. The summed E-state index contributed by atoms with van der Waals surface area (Å²) in [5.74, 6) is 0.285. The van der Waals surface area contributed by atoms with Crippen molar-refractivity contribution < 1.29 is 13.5 Å². The molecule has 1 saturated carbocycles. The Labute approximate surface area is 93.3 Å². The molecule has 2 N–H and O–H groups in total. The van der Waals surface area contributed by atoms with Gasteiger partial charge in [0.1, 0.15) is 4.66 Å². The van der Waals surface area contributed by atoms with Gasteiger partial charge in [0.25, 0.3) is 0 Å². The average Bonchev–Trinajstić information content (AvgIpc) is 2.15. The molecule has 2 atom stereocenters. The van der Waals surface area contributed by atoms with Crippen LogP contribution in [0.4, 0.5) is 0 Å². The highest BCUT2D eigenvalue weighted by atomic mass is 79.9. The van der Waals surface area contributed by atoms with Crippen molar-refractivity contribution in [1.82, 2.24) is 4.72 Å². The van der Waals surface area contributed by atoms with Crippen LogP contribution in [0.2, 0.25) is 0 Å². The smallest absolute Gasteiger partial charge is 0.221 e. The third-order valence-corrected chi connectivity index (χ3v) is 5.19. The molecule has 0 bridgehead atoms. The van der Waals surface area contributed by atoms with E-state index in [2.05, 4.69) is 20.7 Å². The fraction of sp³-hybridized carbons (Fsp3) is 1.00. The molecule has 0 heterocycles. The highest BCUT2D eigenvalue weighted by Gasteiger charge is 2.21. The van der Waals surface area contributed by atoms with Gasteiger partial charge in [-0.3, -0.25) is 0 Å². The van der Waals surface area contributed by atoms with E-state index in [1.165, 1.54) is 0 Å². The minimum atomic E-state index is -3.15. The van der Waals surface area contributed by atoms with Crippen LogP contribution in [0.1, 0.15) is 25.7 Å². The molecule has 2 unspecified atom stereocenters. The number of aliphatic hydroxyl groups is 1. The van der Waals surface area contributed by atoms with Crippen molar-refractivity contribution in [3.8, 4) is 0 Å². The first kappa shape index (κ1) is 12.4. The van der Waals surface area contributed by atoms with Crippen LogP contribution in [0.15, 0.2) is 0 Å². The van der Waals surface area contributed by atoms with Crippen LogP contribution in [0.5, 0.6) is 0 Å². The molecule has 0 saturated heterocycles. The minimum absolute atomic E-state index is 0.0602. The van der Waals surface area contributed by atoms with E-state index in [9.17, 15) is 13.5 Å². The molecule has 1 rings (SSSR count). The van der Waals surface area contributed by atoms with Gasteiger partial charge in [-0.2, -0.15) is 0 Å². The molecule has 1 aliphatic carbocycles. The summed E-state index contributed by atoms with van der Waals surface area (Å²) in [5.41, 5.74) is 0. The maximum Gasteiger partial charge on any atom is 0.221 e. The molecule has 0 spiro atoms. The summed E-state index contributed by atoms with van der Waals surface area (Å²) in [6, 6.07) is 0. The third-order valence-electron chi connectivity index (χ3n) is 2.49. The number of halogens is 1. The molecule has 0 aliphatic heterocycles. The van der Waals surface area contributed by atoms with Crippen LogP contribution in [0.25, 0.3) is 0 Å². The van der Waals surface area contributed by atoms with Crippen LogP contribution in [-0.2, 0) is 10.0 Å². The van der Waals surface area contributed by atoms with E-state index < -0.39 is 10.0 Å². The fourth-order valence-electron chi connectivity index (χ4n) is 1.73. The van der Waals surface area contributed by atoms with Crippen molar-refractivity contribution in [2.45, 2.75) is 31.8 Å². The van der Waals surface area contributed by atoms with Crippen molar-refractivity contribution in [2.75, 3.05) is 11.2 Å². The van der Waals surface area contributed by atoms with Crippen molar-refractivity contribution in [3.05, 3.63) is 0 Å². The lowest BCUT2D eigenvalue weighted by Gasteiger charge is -2.25.